The van der Waals surface area contributed by atoms with Crippen LogP contribution in [0.25, 0.3) is 0 Å². The van der Waals surface area contributed by atoms with E-state index < -0.39 is 0 Å². The number of rotatable bonds is 8. The zero-order valence-corrected chi connectivity index (χ0v) is 16.0. The minimum atomic E-state index is -0.0819. The summed E-state index contributed by atoms with van der Waals surface area (Å²) in [5.74, 6) is 0.844. The molecule has 0 saturated carbocycles. The van der Waals surface area contributed by atoms with E-state index in [9.17, 15) is 0 Å². The number of methoxy groups -OCH3 is 1. The lowest BCUT2D eigenvalue weighted by atomic mass is 9.98. The van der Waals surface area contributed by atoms with Gasteiger partial charge in [0.25, 0.3) is 0 Å². The molecule has 2 aromatic rings. The minimum Gasteiger partial charge on any atom is -0.497 e. The summed E-state index contributed by atoms with van der Waals surface area (Å²) in [6, 6.07) is 18.1. The van der Waals surface area contributed by atoms with Crippen LogP contribution in [-0.2, 0) is 32.2 Å². The maximum Gasteiger partial charge on any atom is 0.154 e. The maximum atomic E-state index is 6.19. The lowest BCUT2D eigenvalue weighted by molar-refractivity contribution is -0.176. The third-order valence-corrected chi connectivity index (χ3v) is 5.08. The Morgan fingerprint density at radius 3 is 2.54 bits per heavy atom. The summed E-state index contributed by atoms with van der Waals surface area (Å²) in [4.78, 5) is 0. The highest BCUT2D eigenvalue weighted by atomic mass is 16.6. The highest BCUT2D eigenvalue weighted by Crippen LogP contribution is 2.30. The van der Waals surface area contributed by atoms with Crippen molar-refractivity contribution in [2.45, 2.75) is 44.1 Å². The smallest absolute Gasteiger partial charge is 0.154 e. The Bertz CT molecular complexity index is 758. The Morgan fingerprint density at radius 1 is 0.964 bits per heavy atom. The summed E-state index contributed by atoms with van der Waals surface area (Å²) in [7, 11) is 1.66. The van der Waals surface area contributed by atoms with Crippen molar-refractivity contribution in [1.82, 2.24) is 0 Å². The average molecular weight is 382 g/mol. The van der Waals surface area contributed by atoms with E-state index in [-0.39, 0.29) is 24.4 Å². The minimum absolute atomic E-state index is 0.0216. The zero-order chi connectivity index (χ0) is 19.2. The molecule has 2 aliphatic rings. The van der Waals surface area contributed by atoms with Crippen LogP contribution < -0.4 is 4.74 Å². The van der Waals surface area contributed by atoms with Gasteiger partial charge in [-0.25, -0.2) is 0 Å². The van der Waals surface area contributed by atoms with E-state index in [1.54, 1.807) is 13.4 Å². The monoisotopic (exact) mass is 382 g/mol. The molecule has 0 amide bonds. The van der Waals surface area contributed by atoms with Gasteiger partial charge in [-0.05, 0) is 29.3 Å². The Hall–Kier alpha value is -2.34. The molecule has 0 N–H and O–H groups in total. The highest BCUT2D eigenvalue weighted by Gasteiger charge is 2.41. The molecule has 5 nitrogen and oxygen atoms in total. The third-order valence-electron chi connectivity index (χ3n) is 5.08. The van der Waals surface area contributed by atoms with Crippen LogP contribution in [0.4, 0.5) is 0 Å². The standard InChI is InChI=1S/C23H26O5/c1-24-19-9-7-18(8-10-19)14-25-16-20-13-22(23-21(28-20)11-12-26-23)27-15-17-5-3-2-4-6-17/h2-12,20-23H,13-16H2,1H3/t20-,21-,22+,23-/m0/s1. The number of benzene rings is 2. The van der Waals surface area contributed by atoms with Gasteiger partial charge in [-0.2, -0.15) is 0 Å². The number of fused-ring (bicyclic) bond motifs is 1. The molecule has 0 aliphatic carbocycles. The van der Waals surface area contributed by atoms with Gasteiger partial charge in [0.1, 0.15) is 18.0 Å². The second kappa shape index (κ2) is 9.24. The van der Waals surface area contributed by atoms with Crippen molar-refractivity contribution in [2.75, 3.05) is 13.7 Å². The molecule has 0 unspecified atom stereocenters. The maximum absolute atomic E-state index is 6.19. The first kappa shape index (κ1) is 19.0. The predicted molar refractivity (Wildman–Crippen MR) is 105 cm³/mol. The molecule has 2 aromatic carbocycles. The van der Waals surface area contributed by atoms with Gasteiger partial charge in [-0.15, -0.1) is 0 Å². The van der Waals surface area contributed by atoms with Crippen molar-refractivity contribution >= 4 is 0 Å². The van der Waals surface area contributed by atoms with Crippen LogP contribution in [0.15, 0.2) is 66.9 Å². The summed E-state index contributed by atoms with van der Waals surface area (Å²) >= 11 is 0. The van der Waals surface area contributed by atoms with Gasteiger partial charge in [-0.1, -0.05) is 42.5 Å². The summed E-state index contributed by atoms with van der Waals surface area (Å²) in [6.07, 6.45) is 4.22. The van der Waals surface area contributed by atoms with E-state index in [4.69, 9.17) is 23.7 Å². The lowest BCUT2D eigenvalue weighted by Gasteiger charge is -2.37. The van der Waals surface area contributed by atoms with E-state index in [1.165, 1.54) is 0 Å². The van der Waals surface area contributed by atoms with Crippen LogP contribution in [0, 0.1) is 0 Å². The van der Waals surface area contributed by atoms with Crippen LogP contribution >= 0.6 is 0 Å². The van der Waals surface area contributed by atoms with Gasteiger partial charge in [0.05, 0.1) is 39.3 Å². The van der Waals surface area contributed by atoms with Gasteiger partial charge in [-0.3, -0.25) is 0 Å². The second-order valence-corrected chi connectivity index (χ2v) is 7.09. The Balaban J connectivity index is 1.29. The van der Waals surface area contributed by atoms with Gasteiger partial charge in [0, 0.05) is 6.42 Å². The molecule has 28 heavy (non-hydrogen) atoms. The van der Waals surface area contributed by atoms with Crippen molar-refractivity contribution < 1.29 is 23.7 Å². The van der Waals surface area contributed by atoms with Gasteiger partial charge >= 0.3 is 0 Å². The molecule has 0 spiro atoms. The Morgan fingerprint density at radius 2 is 1.75 bits per heavy atom. The number of hydrogen-bond acceptors (Lipinski definition) is 5. The van der Waals surface area contributed by atoms with Crippen LogP contribution in [0.5, 0.6) is 5.75 Å². The molecule has 148 valence electrons. The summed E-state index contributed by atoms with van der Waals surface area (Å²) in [5, 5.41) is 0. The summed E-state index contributed by atoms with van der Waals surface area (Å²) in [5.41, 5.74) is 2.26. The lowest BCUT2D eigenvalue weighted by Crippen LogP contribution is -2.48. The topological polar surface area (TPSA) is 46.2 Å². The summed E-state index contributed by atoms with van der Waals surface area (Å²) in [6.45, 7) is 1.63. The molecule has 4 atom stereocenters. The van der Waals surface area contributed by atoms with Crippen LogP contribution in [0.3, 0.4) is 0 Å². The Labute approximate surface area is 165 Å². The third kappa shape index (κ3) is 4.73. The van der Waals surface area contributed by atoms with Gasteiger partial charge in [0.2, 0.25) is 0 Å². The van der Waals surface area contributed by atoms with E-state index in [1.807, 2.05) is 48.5 Å². The fraction of sp³-hybridized carbons (Fsp3) is 0.391. The Kier molecular flexibility index (Phi) is 6.27. The molecular formula is C23H26O5. The molecule has 1 fully saturated rings. The van der Waals surface area contributed by atoms with Crippen molar-refractivity contribution in [3.8, 4) is 5.75 Å². The summed E-state index contributed by atoms with van der Waals surface area (Å²) < 4.78 is 29.1. The first-order chi connectivity index (χ1) is 13.8. The molecular weight excluding hydrogens is 356 g/mol. The molecule has 0 radical (unpaired) electrons. The van der Waals surface area contributed by atoms with Crippen LogP contribution in [-0.4, -0.2) is 38.1 Å². The average Bonchev–Trinajstić information content (AvgIpc) is 3.22. The quantitative estimate of drug-likeness (QED) is 0.694. The molecule has 5 heteroatoms. The van der Waals surface area contributed by atoms with Crippen LogP contribution in [0.2, 0.25) is 0 Å². The number of ether oxygens (including phenoxy) is 5. The molecule has 4 rings (SSSR count). The number of hydrogen-bond donors (Lipinski definition) is 0. The van der Waals surface area contributed by atoms with E-state index in [0.717, 1.165) is 23.3 Å². The zero-order valence-electron chi connectivity index (χ0n) is 16.0. The molecule has 2 heterocycles. The van der Waals surface area contributed by atoms with Crippen molar-refractivity contribution in [3.05, 3.63) is 78.1 Å². The molecule has 0 bridgehead atoms. The SMILES string of the molecule is COc1ccc(COC[C@@H]2C[C@@H](OCc3ccccc3)[C@H]3OC=C[C@@H]3O2)cc1. The predicted octanol–water partition coefficient (Wildman–Crippen LogP) is 3.87. The van der Waals surface area contributed by atoms with Crippen molar-refractivity contribution in [1.29, 1.82) is 0 Å². The van der Waals surface area contributed by atoms with E-state index >= 15 is 0 Å². The fourth-order valence-corrected chi connectivity index (χ4v) is 3.57. The first-order valence-corrected chi connectivity index (χ1v) is 9.65. The highest BCUT2D eigenvalue weighted by molar-refractivity contribution is 5.26. The van der Waals surface area contributed by atoms with E-state index in [2.05, 4.69) is 12.1 Å². The first-order valence-electron chi connectivity index (χ1n) is 9.65. The molecule has 2 aliphatic heterocycles. The second-order valence-electron chi connectivity index (χ2n) is 7.09. The normalized spacial score (nSPS) is 25.9. The van der Waals surface area contributed by atoms with Crippen molar-refractivity contribution in [3.63, 3.8) is 0 Å². The largest absolute Gasteiger partial charge is 0.497 e. The molecule has 1 saturated heterocycles. The van der Waals surface area contributed by atoms with Crippen molar-refractivity contribution in [2.24, 2.45) is 0 Å². The van der Waals surface area contributed by atoms with Gasteiger partial charge < -0.3 is 23.7 Å². The van der Waals surface area contributed by atoms with Crippen LogP contribution in [0.1, 0.15) is 17.5 Å². The molecule has 0 aromatic heterocycles. The van der Waals surface area contributed by atoms with Gasteiger partial charge in [0.15, 0.2) is 6.10 Å². The fourth-order valence-electron chi connectivity index (χ4n) is 3.57. The van der Waals surface area contributed by atoms with E-state index in [0.29, 0.717) is 19.8 Å².